The summed E-state index contributed by atoms with van der Waals surface area (Å²) in [6, 6.07) is 0. The second-order valence-electron chi connectivity index (χ2n) is 3.36. The molecule has 1 fully saturated rings. The van der Waals surface area contributed by atoms with E-state index in [-0.39, 0.29) is 11.3 Å². The Hall–Kier alpha value is -0.810. The highest BCUT2D eigenvalue weighted by Gasteiger charge is 2.31. The Morgan fingerprint density at radius 2 is 2.33 bits per heavy atom. The topological polar surface area (TPSA) is 59.2 Å². The van der Waals surface area contributed by atoms with Crippen molar-refractivity contribution in [1.82, 2.24) is 4.98 Å². The predicted octanol–water partition coefficient (Wildman–Crippen LogP) is 1.77. The van der Waals surface area contributed by atoms with Gasteiger partial charge in [0.2, 0.25) is 5.91 Å². The van der Waals surface area contributed by atoms with Crippen molar-refractivity contribution in [1.29, 1.82) is 0 Å². The van der Waals surface area contributed by atoms with Crippen LogP contribution in [-0.2, 0) is 4.79 Å². The molecule has 0 radical (unpaired) electrons. The van der Waals surface area contributed by atoms with Crippen LogP contribution in [0.15, 0.2) is 16.9 Å². The van der Waals surface area contributed by atoms with E-state index < -0.39 is 0 Å². The smallest absolute Gasteiger partial charge is 0.228 e. The molecule has 6 heteroatoms. The van der Waals surface area contributed by atoms with Crippen molar-refractivity contribution in [3.8, 4) is 0 Å². The second kappa shape index (κ2) is 3.98. The Bertz CT molecular complexity index is 392. The predicted molar refractivity (Wildman–Crippen MR) is 63.0 cm³/mol. The van der Waals surface area contributed by atoms with E-state index in [1.54, 1.807) is 11.1 Å². The van der Waals surface area contributed by atoms with Crippen LogP contribution in [0.2, 0.25) is 0 Å². The quantitative estimate of drug-likeness (QED) is 0.802. The van der Waals surface area contributed by atoms with Crippen LogP contribution in [0.5, 0.6) is 0 Å². The highest BCUT2D eigenvalue weighted by molar-refractivity contribution is 9.10. The van der Waals surface area contributed by atoms with Gasteiger partial charge in [-0.15, -0.1) is 11.6 Å². The maximum atomic E-state index is 11.6. The van der Waals surface area contributed by atoms with Crippen molar-refractivity contribution < 1.29 is 4.79 Å². The molecule has 15 heavy (non-hydrogen) atoms. The fraction of sp³-hybridized carbons (Fsp3) is 0.333. The number of nitrogen functional groups attached to an aromatic ring is 1. The maximum absolute atomic E-state index is 11.6. The van der Waals surface area contributed by atoms with Crippen LogP contribution >= 0.6 is 27.5 Å². The number of alkyl halides is 1. The molecule has 0 bridgehead atoms. The monoisotopic (exact) mass is 289 g/mol. The number of nitrogens with two attached hydrogens (primary N) is 1. The van der Waals surface area contributed by atoms with Crippen molar-refractivity contribution in [3.05, 3.63) is 16.9 Å². The van der Waals surface area contributed by atoms with Crippen LogP contribution in [0, 0.1) is 0 Å². The summed E-state index contributed by atoms with van der Waals surface area (Å²) < 4.78 is 0.710. The number of halogens is 2. The van der Waals surface area contributed by atoms with Crippen LogP contribution in [0.1, 0.15) is 6.42 Å². The van der Waals surface area contributed by atoms with Crippen LogP contribution < -0.4 is 10.6 Å². The van der Waals surface area contributed by atoms with Gasteiger partial charge in [-0.1, -0.05) is 0 Å². The van der Waals surface area contributed by atoms with Crippen molar-refractivity contribution >= 4 is 44.8 Å². The van der Waals surface area contributed by atoms with Gasteiger partial charge in [0.05, 0.1) is 27.4 Å². The summed E-state index contributed by atoms with van der Waals surface area (Å²) in [5.74, 6) is -0.00593. The average Bonchev–Trinajstić information content (AvgIpc) is 2.45. The van der Waals surface area contributed by atoms with Gasteiger partial charge in [0.1, 0.15) is 0 Å². The first-order valence-electron chi connectivity index (χ1n) is 4.43. The summed E-state index contributed by atoms with van der Waals surface area (Å²) in [6.07, 6.45) is 3.49. The highest BCUT2D eigenvalue weighted by atomic mass is 79.9. The minimum absolute atomic E-state index is 0.00593. The third-order valence-corrected chi connectivity index (χ3v) is 3.12. The molecule has 1 aromatic rings. The van der Waals surface area contributed by atoms with E-state index in [0.717, 1.165) is 0 Å². The third-order valence-electron chi connectivity index (χ3n) is 2.25. The third kappa shape index (κ3) is 1.94. The number of amides is 1. The van der Waals surface area contributed by atoms with Crippen LogP contribution in [0.3, 0.4) is 0 Å². The molecule has 0 aliphatic carbocycles. The van der Waals surface area contributed by atoms with Crippen molar-refractivity contribution in [3.63, 3.8) is 0 Å². The Balaban J connectivity index is 2.41. The molecule has 0 saturated carbocycles. The standard InChI is InChI=1S/C9H9BrClN3O/c10-6-2-13-3-7(12)9(6)14-4-5(11)1-8(14)15/h2-3,5H,1,4,12H2. The molecule has 1 unspecified atom stereocenters. The van der Waals surface area contributed by atoms with Crippen LogP contribution in [0.4, 0.5) is 11.4 Å². The molecule has 1 amide bonds. The number of hydrogen-bond donors (Lipinski definition) is 1. The first kappa shape index (κ1) is 10.7. The number of hydrogen-bond acceptors (Lipinski definition) is 3. The zero-order valence-electron chi connectivity index (χ0n) is 7.78. The lowest BCUT2D eigenvalue weighted by Gasteiger charge is -2.19. The molecule has 0 aromatic carbocycles. The molecule has 0 spiro atoms. The summed E-state index contributed by atoms with van der Waals surface area (Å²) in [4.78, 5) is 17.1. The minimum Gasteiger partial charge on any atom is -0.396 e. The van der Waals surface area contributed by atoms with E-state index >= 15 is 0 Å². The number of nitrogens with zero attached hydrogens (tertiary/aromatic N) is 2. The summed E-state index contributed by atoms with van der Waals surface area (Å²) in [7, 11) is 0. The fourth-order valence-corrected chi connectivity index (χ4v) is 2.44. The number of carbonyl (C=O) groups excluding carboxylic acids is 1. The Labute approximate surface area is 101 Å². The van der Waals surface area contributed by atoms with Crippen LogP contribution in [-0.4, -0.2) is 22.8 Å². The molecule has 80 valence electrons. The minimum atomic E-state index is -0.142. The van der Waals surface area contributed by atoms with E-state index in [9.17, 15) is 4.79 Å². The molecule has 2 heterocycles. The number of aromatic nitrogens is 1. The molecular weight excluding hydrogens is 281 g/mol. The van der Waals surface area contributed by atoms with Gasteiger partial charge in [-0.3, -0.25) is 9.78 Å². The second-order valence-corrected chi connectivity index (χ2v) is 4.84. The Morgan fingerprint density at radius 1 is 1.60 bits per heavy atom. The van der Waals surface area contributed by atoms with Crippen molar-refractivity contribution in [2.24, 2.45) is 0 Å². The fourth-order valence-electron chi connectivity index (χ4n) is 1.61. The molecule has 1 aliphatic heterocycles. The first-order valence-corrected chi connectivity index (χ1v) is 5.66. The van der Waals surface area contributed by atoms with Gasteiger partial charge in [-0.2, -0.15) is 0 Å². The van der Waals surface area contributed by atoms with Crippen molar-refractivity contribution in [2.75, 3.05) is 17.2 Å². The number of carbonyl (C=O) groups is 1. The molecule has 1 saturated heterocycles. The maximum Gasteiger partial charge on any atom is 0.228 e. The molecule has 1 atom stereocenters. The number of rotatable bonds is 1. The highest BCUT2D eigenvalue weighted by Crippen LogP contribution is 2.34. The Morgan fingerprint density at radius 3 is 2.87 bits per heavy atom. The molecule has 2 rings (SSSR count). The van der Waals surface area contributed by atoms with Crippen molar-refractivity contribution in [2.45, 2.75) is 11.8 Å². The van der Waals surface area contributed by atoms with E-state index in [1.165, 1.54) is 6.20 Å². The average molecular weight is 291 g/mol. The SMILES string of the molecule is Nc1cncc(Br)c1N1CC(Cl)CC1=O. The summed E-state index contributed by atoms with van der Waals surface area (Å²) in [5, 5.41) is -0.142. The lowest BCUT2D eigenvalue weighted by Crippen LogP contribution is -2.26. The lowest BCUT2D eigenvalue weighted by molar-refractivity contribution is -0.117. The van der Waals surface area contributed by atoms with Gasteiger partial charge in [0.25, 0.3) is 0 Å². The first-order chi connectivity index (χ1) is 7.09. The van der Waals surface area contributed by atoms with Gasteiger partial charge < -0.3 is 10.6 Å². The summed E-state index contributed by atoms with van der Waals surface area (Å²) in [5.41, 5.74) is 6.92. The zero-order chi connectivity index (χ0) is 11.0. The molecular formula is C9H9BrClN3O. The van der Waals surface area contributed by atoms with Gasteiger partial charge >= 0.3 is 0 Å². The van der Waals surface area contributed by atoms with E-state index in [0.29, 0.717) is 28.8 Å². The van der Waals surface area contributed by atoms with E-state index in [1.807, 2.05) is 0 Å². The largest absolute Gasteiger partial charge is 0.396 e. The van der Waals surface area contributed by atoms with Crippen LogP contribution in [0.25, 0.3) is 0 Å². The van der Waals surface area contributed by atoms with Gasteiger partial charge in [0.15, 0.2) is 0 Å². The number of pyridine rings is 1. The lowest BCUT2D eigenvalue weighted by atomic mass is 10.3. The molecule has 2 N–H and O–H groups in total. The van der Waals surface area contributed by atoms with Gasteiger partial charge in [-0.25, -0.2) is 0 Å². The number of anilines is 2. The van der Waals surface area contributed by atoms with E-state index in [2.05, 4.69) is 20.9 Å². The Kier molecular flexibility index (Phi) is 2.84. The summed E-state index contributed by atoms with van der Waals surface area (Å²) in [6.45, 7) is 0.493. The molecule has 1 aliphatic rings. The molecule has 4 nitrogen and oxygen atoms in total. The normalized spacial score (nSPS) is 21.1. The summed E-state index contributed by atoms with van der Waals surface area (Å²) >= 11 is 9.25. The van der Waals surface area contributed by atoms with Gasteiger partial charge in [-0.05, 0) is 15.9 Å². The van der Waals surface area contributed by atoms with E-state index in [4.69, 9.17) is 17.3 Å². The zero-order valence-corrected chi connectivity index (χ0v) is 10.1. The molecule has 1 aromatic heterocycles. The van der Waals surface area contributed by atoms with Gasteiger partial charge in [0, 0.05) is 19.2 Å².